The molecular weight excluding hydrogens is 527 g/mol. The van der Waals surface area contributed by atoms with Gasteiger partial charge in [0.15, 0.2) is 5.76 Å². The number of nitrogens with one attached hydrogen (secondary N) is 1. The third-order valence-electron chi connectivity index (χ3n) is 8.38. The second kappa shape index (κ2) is 10.6. The molecule has 12 heteroatoms. The zero-order valence-corrected chi connectivity index (χ0v) is 22.1. The zero-order valence-electron chi connectivity index (χ0n) is 22.1. The van der Waals surface area contributed by atoms with Crippen molar-refractivity contribution in [3.63, 3.8) is 0 Å². The maximum atomic E-state index is 12.5. The number of nitrogens with two attached hydrogens (primary N) is 1. The highest BCUT2D eigenvalue weighted by molar-refractivity contribution is 5.59. The lowest BCUT2D eigenvalue weighted by Gasteiger charge is -2.56. The molecule has 3 N–H and O–H groups in total. The van der Waals surface area contributed by atoms with Crippen molar-refractivity contribution in [3.8, 4) is 17.1 Å². The summed E-state index contributed by atoms with van der Waals surface area (Å²) in [5.41, 5.74) is 8.03. The molecule has 3 aromatic rings. The van der Waals surface area contributed by atoms with Gasteiger partial charge in [-0.05, 0) is 62.1 Å². The zero-order chi connectivity index (χ0) is 28.5. The van der Waals surface area contributed by atoms with Crippen LogP contribution in [0, 0.1) is 15.5 Å². The number of oxazole rings is 1. The van der Waals surface area contributed by atoms with Gasteiger partial charge in [0, 0.05) is 53.5 Å². The predicted molar refractivity (Wildman–Crippen MR) is 144 cm³/mol. The minimum atomic E-state index is -4.76. The topological polar surface area (TPSA) is 120 Å². The third-order valence-corrected chi connectivity index (χ3v) is 8.38. The van der Waals surface area contributed by atoms with Crippen molar-refractivity contribution in [2.75, 3.05) is 23.3 Å². The van der Waals surface area contributed by atoms with E-state index in [4.69, 9.17) is 10.2 Å². The Labute approximate surface area is 229 Å². The Morgan fingerprint density at radius 2 is 1.85 bits per heavy atom. The van der Waals surface area contributed by atoms with Crippen LogP contribution >= 0.6 is 0 Å². The quantitative estimate of drug-likeness (QED) is 0.248. The number of nitrogens with zero attached hydrogens (tertiary/aromatic N) is 3. The van der Waals surface area contributed by atoms with Crippen molar-refractivity contribution in [2.45, 2.75) is 63.4 Å². The summed E-state index contributed by atoms with van der Waals surface area (Å²) in [6.07, 6.45) is 2.33. The number of aromatic nitrogens is 1. The van der Waals surface area contributed by atoms with Crippen LogP contribution in [-0.2, 0) is 0 Å². The maximum Gasteiger partial charge on any atom is 0.573 e. The van der Waals surface area contributed by atoms with Gasteiger partial charge in [-0.1, -0.05) is 19.8 Å². The molecule has 1 saturated carbocycles. The molecule has 0 amide bonds. The SMILES string of the molecule is C[C@]1(C2(N)CCCCC2Nc2ncc(-c3ccc(OC(F)(F)F)cc3)o2)CCCN(c2ccc([N+](=O)[O-])cc2)C1. The number of benzene rings is 2. The molecule has 0 spiro atoms. The van der Waals surface area contributed by atoms with Crippen molar-refractivity contribution < 1.29 is 27.2 Å². The number of nitro groups is 1. The molecule has 1 saturated heterocycles. The molecule has 9 nitrogen and oxygen atoms in total. The van der Waals surface area contributed by atoms with Crippen LogP contribution in [0.15, 0.2) is 59.1 Å². The first-order chi connectivity index (χ1) is 19.0. The van der Waals surface area contributed by atoms with Crippen LogP contribution in [0.25, 0.3) is 11.3 Å². The van der Waals surface area contributed by atoms with Crippen molar-refractivity contribution in [2.24, 2.45) is 11.1 Å². The van der Waals surface area contributed by atoms with E-state index in [1.54, 1.807) is 12.1 Å². The molecular formula is C28H32F3N5O4. The Morgan fingerprint density at radius 3 is 2.52 bits per heavy atom. The fourth-order valence-corrected chi connectivity index (χ4v) is 6.19. The summed E-state index contributed by atoms with van der Waals surface area (Å²) in [6.45, 7) is 3.77. The lowest BCUT2D eigenvalue weighted by atomic mass is 9.58. The molecule has 1 aliphatic carbocycles. The smallest absolute Gasteiger partial charge is 0.424 e. The normalized spacial score (nSPS) is 25.4. The maximum absolute atomic E-state index is 12.5. The minimum Gasteiger partial charge on any atom is -0.424 e. The molecule has 2 fully saturated rings. The molecule has 1 aliphatic heterocycles. The summed E-state index contributed by atoms with van der Waals surface area (Å²) in [5.74, 6) is 0.0976. The van der Waals surface area contributed by atoms with Gasteiger partial charge < -0.3 is 25.1 Å². The summed E-state index contributed by atoms with van der Waals surface area (Å²) in [4.78, 5) is 17.3. The average molecular weight is 560 g/mol. The molecule has 40 heavy (non-hydrogen) atoms. The lowest BCUT2D eigenvalue weighted by Crippen LogP contribution is -2.69. The van der Waals surface area contributed by atoms with E-state index in [1.807, 2.05) is 0 Å². The first-order valence-corrected chi connectivity index (χ1v) is 13.3. The molecule has 2 unspecified atom stereocenters. The van der Waals surface area contributed by atoms with Gasteiger partial charge in [-0.25, -0.2) is 4.98 Å². The number of non-ortho nitro benzene ring substituents is 1. The summed E-state index contributed by atoms with van der Waals surface area (Å²) in [5, 5.41) is 14.5. The Balaban J connectivity index is 1.31. The standard InChI is InChI=1S/C28H32F3N5O4/c1-26(14-4-16-35(18-26)20-8-10-21(11-9-20)36(37)38)27(32)15-3-2-5-24(27)34-25-33-17-23(39-25)19-6-12-22(13-7-19)40-28(29,30)31/h6-13,17,24H,2-5,14-16,18,32H2,1H3,(H,33,34)/t24?,26-,27?/m0/s1. The highest BCUT2D eigenvalue weighted by Crippen LogP contribution is 2.47. The van der Waals surface area contributed by atoms with E-state index in [9.17, 15) is 23.3 Å². The van der Waals surface area contributed by atoms with Crippen LogP contribution in [0.1, 0.15) is 45.4 Å². The number of hydrogen-bond acceptors (Lipinski definition) is 8. The fourth-order valence-electron chi connectivity index (χ4n) is 6.19. The number of rotatable bonds is 7. The average Bonchev–Trinajstić information content (AvgIpc) is 3.38. The minimum absolute atomic E-state index is 0.0614. The van der Waals surface area contributed by atoms with E-state index < -0.39 is 16.8 Å². The number of hydrogen-bond donors (Lipinski definition) is 2. The van der Waals surface area contributed by atoms with Crippen molar-refractivity contribution >= 4 is 17.4 Å². The van der Waals surface area contributed by atoms with E-state index >= 15 is 0 Å². The van der Waals surface area contributed by atoms with Crippen molar-refractivity contribution in [1.82, 2.24) is 4.98 Å². The lowest BCUT2D eigenvalue weighted by molar-refractivity contribution is -0.384. The number of piperidine rings is 1. The van der Waals surface area contributed by atoms with E-state index in [0.717, 1.165) is 50.8 Å². The molecule has 3 atom stereocenters. The van der Waals surface area contributed by atoms with Crippen LogP contribution < -0.4 is 20.7 Å². The van der Waals surface area contributed by atoms with E-state index in [2.05, 4.69) is 26.9 Å². The Morgan fingerprint density at radius 1 is 1.12 bits per heavy atom. The summed E-state index contributed by atoms with van der Waals surface area (Å²) in [7, 11) is 0. The van der Waals surface area contributed by atoms with Crippen LogP contribution in [-0.4, -0.2) is 40.9 Å². The Kier molecular flexibility index (Phi) is 7.38. The van der Waals surface area contributed by atoms with Gasteiger partial charge in [-0.3, -0.25) is 10.1 Å². The van der Waals surface area contributed by atoms with Gasteiger partial charge in [0.2, 0.25) is 0 Å². The van der Waals surface area contributed by atoms with Crippen LogP contribution in [0.4, 0.5) is 30.6 Å². The first-order valence-electron chi connectivity index (χ1n) is 13.3. The molecule has 214 valence electrons. The number of halogens is 3. The monoisotopic (exact) mass is 559 g/mol. The van der Waals surface area contributed by atoms with Gasteiger partial charge in [-0.2, -0.15) is 0 Å². The highest BCUT2D eigenvalue weighted by atomic mass is 19.4. The second-order valence-electron chi connectivity index (χ2n) is 10.9. The first kappa shape index (κ1) is 27.8. The van der Waals surface area contributed by atoms with Crippen LogP contribution in [0.5, 0.6) is 5.75 Å². The molecule has 0 bridgehead atoms. The molecule has 2 aromatic carbocycles. The Bertz CT molecular complexity index is 1330. The van der Waals surface area contributed by atoms with Gasteiger partial charge in [0.25, 0.3) is 11.7 Å². The number of ether oxygens (including phenoxy) is 1. The summed E-state index contributed by atoms with van der Waals surface area (Å²) < 4.78 is 47.3. The van der Waals surface area contributed by atoms with E-state index in [1.165, 1.54) is 42.6 Å². The third kappa shape index (κ3) is 5.72. The predicted octanol–water partition coefficient (Wildman–Crippen LogP) is 6.51. The number of nitro benzene ring substituents is 1. The van der Waals surface area contributed by atoms with E-state index in [0.29, 0.717) is 23.9 Å². The van der Waals surface area contributed by atoms with Crippen molar-refractivity contribution in [1.29, 1.82) is 0 Å². The van der Waals surface area contributed by atoms with Gasteiger partial charge >= 0.3 is 6.36 Å². The molecule has 0 radical (unpaired) electrons. The molecule has 1 aromatic heterocycles. The highest BCUT2D eigenvalue weighted by Gasteiger charge is 2.53. The van der Waals surface area contributed by atoms with Gasteiger partial charge in [0.1, 0.15) is 5.75 Å². The number of alkyl halides is 3. The second-order valence-corrected chi connectivity index (χ2v) is 10.9. The van der Waals surface area contributed by atoms with Gasteiger partial charge in [-0.15, -0.1) is 13.2 Å². The molecule has 5 rings (SSSR count). The van der Waals surface area contributed by atoms with Crippen molar-refractivity contribution in [3.05, 3.63) is 64.8 Å². The van der Waals surface area contributed by atoms with Crippen LogP contribution in [0.3, 0.4) is 0 Å². The fraction of sp³-hybridized carbons (Fsp3) is 0.464. The Hall–Kier alpha value is -3.80. The largest absolute Gasteiger partial charge is 0.573 e. The molecule has 2 heterocycles. The van der Waals surface area contributed by atoms with E-state index in [-0.39, 0.29) is 22.9 Å². The summed E-state index contributed by atoms with van der Waals surface area (Å²) >= 11 is 0. The number of anilines is 2. The summed E-state index contributed by atoms with van der Waals surface area (Å²) in [6, 6.07) is 12.2. The molecule has 2 aliphatic rings. The van der Waals surface area contributed by atoms with Crippen LogP contribution in [0.2, 0.25) is 0 Å². The van der Waals surface area contributed by atoms with Gasteiger partial charge in [0.05, 0.1) is 11.1 Å².